The molecule has 1 atom stereocenters. The molecule has 6 heteroatoms. The third-order valence-corrected chi connectivity index (χ3v) is 6.29. The predicted molar refractivity (Wildman–Crippen MR) is 86.2 cm³/mol. The number of thioether (sulfide) groups is 1. The minimum Gasteiger partial charge on any atom is -0.488 e. The lowest BCUT2D eigenvalue weighted by Gasteiger charge is -2.48. The van der Waals surface area contributed by atoms with Crippen molar-refractivity contribution in [2.24, 2.45) is 0 Å². The van der Waals surface area contributed by atoms with Crippen molar-refractivity contribution < 1.29 is 9.53 Å². The van der Waals surface area contributed by atoms with Crippen molar-refractivity contribution in [1.82, 2.24) is 14.8 Å². The number of nitrogens with zero attached hydrogens (tertiary/aromatic N) is 3. The first-order chi connectivity index (χ1) is 10.7. The molecule has 0 N–H and O–H groups in total. The highest BCUT2D eigenvalue weighted by Crippen LogP contribution is 2.46. The minimum atomic E-state index is 0.224. The van der Waals surface area contributed by atoms with E-state index in [-0.39, 0.29) is 16.9 Å². The van der Waals surface area contributed by atoms with E-state index in [1.165, 1.54) is 0 Å². The molecule has 4 rings (SSSR count). The molecule has 3 saturated heterocycles. The number of carbonyl (C=O) groups is 1. The van der Waals surface area contributed by atoms with E-state index in [1.807, 2.05) is 33.7 Å². The van der Waals surface area contributed by atoms with Crippen LogP contribution in [0.2, 0.25) is 0 Å². The molecule has 4 heterocycles. The number of ether oxygens (including phenoxy) is 1. The number of hydrogen-bond acceptors (Lipinski definition) is 4. The summed E-state index contributed by atoms with van der Waals surface area (Å²) in [6, 6.07) is 4.08. The summed E-state index contributed by atoms with van der Waals surface area (Å²) in [5.74, 6) is 1.84. The topological polar surface area (TPSA) is 45.7 Å². The fraction of sp³-hybridized carbons (Fsp3) is 0.625. The summed E-state index contributed by atoms with van der Waals surface area (Å²) in [5, 5.41) is 0. The Bertz CT molecular complexity index is 542. The van der Waals surface area contributed by atoms with Gasteiger partial charge < -0.3 is 14.5 Å². The smallest absolute Gasteiger partial charge is 0.320 e. The van der Waals surface area contributed by atoms with Crippen molar-refractivity contribution in [3.63, 3.8) is 0 Å². The molecule has 0 saturated carbocycles. The number of urea groups is 1. The van der Waals surface area contributed by atoms with E-state index >= 15 is 0 Å². The Labute approximate surface area is 135 Å². The molecule has 3 aliphatic heterocycles. The van der Waals surface area contributed by atoms with E-state index in [2.05, 4.69) is 4.98 Å². The summed E-state index contributed by atoms with van der Waals surface area (Å²) in [6.07, 6.45) is 7.08. The van der Waals surface area contributed by atoms with Crippen molar-refractivity contribution in [2.75, 3.05) is 31.9 Å². The van der Waals surface area contributed by atoms with Gasteiger partial charge in [0.2, 0.25) is 0 Å². The second kappa shape index (κ2) is 5.65. The molecule has 1 spiro atoms. The molecule has 5 nitrogen and oxygen atoms in total. The van der Waals surface area contributed by atoms with Crippen molar-refractivity contribution in [3.8, 4) is 5.75 Å². The predicted octanol–water partition coefficient (Wildman–Crippen LogP) is 2.24. The highest BCUT2D eigenvalue weighted by Gasteiger charge is 2.52. The van der Waals surface area contributed by atoms with E-state index in [0.717, 1.165) is 56.9 Å². The van der Waals surface area contributed by atoms with E-state index < -0.39 is 0 Å². The first kappa shape index (κ1) is 14.2. The molecular formula is C16H21N3O2S. The molecular weight excluding hydrogens is 298 g/mol. The van der Waals surface area contributed by atoms with Crippen LogP contribution >= 0.6 is 11.8 Å². The van der Waals surface area contributed by atoms with Crippen LogP contribution in [-0.2, 0) is 0 Å². The SMILES string of the molecule is O=C(N1CCCC1)N1CC2(C[C@@H](Oc3cccnc3)CS2)C1. The summed E-state index contributed by atoms with van der Waals surface area (Å²) >= 11 is 1.96. The normalized spacial score (nSPS) is 26.3. The van der Waals surface area contributed by atoms with Gasteiger partial charge in [-0.2, -0.15) is 0 Å². The Morgan fingerprint density at radius 2 is 2.14 bits per heavy atom. The second-order valence-corrected chi connectivity index (χ2v) is 7.95. The molecule has 118 valence electrons. The maximum Gasteiger partial charge on any atom is 0.320 e. The lowest BCUT2D eigenvalue weighted by atomic mass is 9.93. The third kappa shape index (κ3) is 2.64. The van der Waals surface area contributed by atoms with Gasteiger partial charge in [-0.3, -0.25) is 4.98 Å². The molecule has 0 aliphatic carbocycles. The first-order valence-electron chi connectivity index (χ1n) is 7.99. The first-order valence-corrected chi connectivity index (χ1v) is 8.97. The van der Waals surface area contributed by atoms with Crippen LogP contribution in [0.1, 0.15) is 19.3 Å². The van der Waals surface area contributed by atoms with E-state index in [1.54, 1.807) is 12.4 Å². The molecule has 0 unspecified atom stereocenters. The Kier molecular flexibility index (Phi) is 3.64. The largest absolute Gasteiger partial charge is 0.488 e. The minimum absolute atomic E-state index is 0.224. The fourth-order valence-corrected chi connectivity index (χ4v) is 5.12. The van der Waals surface area contributed by atoms with Crippen LogP contribution in [0.3, 0.4) is 0 Å². The van der Waals surface area contributed by atoms with Crippen LogP contribution < -0.4 is 4.74 Å². The van der Waals surface area contributed by atoms with Gasteiger partial charge in [-0.15, -0.1) is 11.8 Å². The summed E-state index contributed by atoms with van der Waals surface area (Å²) in [7, 11) is 0. The molecule has 0 bridgehead atoms. The maximum absolute atomic E-state index is 12.3. The third-order valence-electron chi connectivity index (χ3n) is 4.72. The van der Waals surface area contributed by atoms with E-state index in [4.69, 9.17) is 4.74 Å². The van der Waals surface area contributed by atoms with Gasteiger partial charge in [-0.1, -0.05) is 0 Å². The van der Waals surface area contributed by atoms with Crippen LogP contribution in [-0.4, -0.2) is 63.6 Å². The number of likely N-dealkylation sites (tertiary alicyclic amines) is 2. The van der Waals surface area contributed by atoms with Crippen LogP contribution in [0.25, 0.3) is 0 Å². The lowest BCUT2D eigenvalue weighted by Crippen LogP contribution is -2.63. The van der Waals surface area contributed by atoms with Crippen LogP contribution in [0.4, 0.5) is 4.79 Å². The molecule has 1 aromatic heterocycles. The van der Waals surface area contributed by atoms with Crippen molar-refractivity contribution in [1.29, 1.82) is 0 Å². The van der Waals surface area contributed by atoms with Crippen molar-refractivity contribution in [2.45, 2.75) is 30.1 Å². The molecule has 0 radical (unpaired) electrons. The molecule has 22 heavy (non-hydrogen) atoms. The van der Waals surface area contributed by atoms with Crippen LogP contribution in [0.15, 0.2) is 24.5 Å². The fourth-order valence-electron chi connectivity index (χ4n) is 3.60. The van der Waals surface area contributed by atoms with Gasteiger partial charge in [0.25, 0.3) is 0 Å². The van der Waals surface area contributed by atoms with Gasteiger partial charge in [0.1, 0.15) is 11.9 Å². The zero-order valence-corrected chi connectivity index (χ0v) is 13.4. The number of carbonyl (C=O) groups excluding carboxylic acids is 1. The van der Waals surface area contributed by atoms with Crippen molar-refractivity contribution >= 4 is 17.8 Å². The molecule has 0 aromatic carbocycles. The molecule has 2 amide bonds. The van der Waals surface area contributed by atoms with Gasteiger partial charge in [0, 0.05) is 44.5 Å². The number of aromatic nitrogens is 1. The monoisotopic (exact) mass is 319 g/mol. The Morgan fingerprint density at radius 1 is 1.32 bits per heavy atom. The highest BCUT2D eigenvalue weighted by molar-refractivity contribution is 8.01. The lowest BCUT2D eigenvalue weighted by molar-refractivity contribution is 0.0949. The standard InChI is InChI=1S/C16H21N3O2S/c20-15(18-6-1-2-7-18)19-11-16(12-19)8-14(10-22-16)21-13-4-3-5-17-9-13/h3-5,9,14H,1-2,6-8,10-12H2/t14-/m1/s1. The van der Waals surface area contributed by atoms with Crippen LogP contribution in [0.5, 0.6) is 5.75 Å². The zero-order chi connectivity index (χ0) is 15.0. The average Bonchev–Trinajstić information content (AvgIpc) is 3.16. The van der Waals surface area contributed by atoms with E-state index in [0.29, 0.717) is 0 Å². The highest BCUT2D eigenvalue weighted by atomic mass is 32.2. The van der Waals surface area contributed by atoms with E-state index in [9.17, 15) is 4.79 Å². The Morgan fingerprint density at radius 3 is 2.86 bits per heavy atom. The van der Waals surface area contributed by atoms with Gasteiger partial charge in [-0.05, 0) is 25.0 Å². The van der Waals surface area contributed by atoms with Crippen LogP contribution in [0, 0.1) is 0 Å². The Balaban J connectivity index is 1.29. The number of amides is 2. The Hall–Kier alpha value is -1.43. The number of hydrogen-bond donors (Lipinski definition) is 0. The van der Waals surface area contributed by atoms with Gasteiger partial charge in [-0.25, -0.2) is 4.79 Å². The van der Waals surface area contributed by atoms with Gasteiger partial charge in [0.05, 0.1) is 10.9 Å². The summed E-state index contributed by atoms with van der Waals surface area (Å²) in [5.41, 5.74) is 0. The van der Waals surface area contributed by atoms with Crippen molar-refractivity contribution in [3.05, 3.63) is 24.5 Å². The molecule has 3 fully saturated rings. The summed E-state index contributed by atoms with van der Waals surface area (Å²) in [4.78, 5) is 20.4. The summed E-state index contributed by atoms with van der Waals surface area (Å²) < 4.78 is 6.23. The number of rotatable bonds is 2. The average molecular weight is 319 g/mol. The van der Waals surface area contributed by atoms with Gasteiger partial charge >= 0.3 is 6.03 Å². The zero-order valence-electron chi connectivity index (χ0n) is 12.6. The molecule has 1 aromatic rings. The molecule has 3 aliphatic rings. The quantitative estimate of drug-likeness (QED) is 0.839. The van der Waals surface area contributed by atoms with Gasteiger partial charge in [0.15, 0.2) is 0 Å². The maximum atomic E-state index is 12.3. The second-order valence-electron chi connectivity index (χ2n) is 6.46. The number of pyridine rings is 1. The summed E-state index contributed by atoms with van der Waals surface area (Å²) in [6.45, 7) is 3.62.